The summed E-state index contributed by atoms with van der Waals surface area (Å²) in [6, 6.07) is 14.5. The maximum Gasteiger partial charge on any atom is 0.105 e. The van der Waals surface area contributed by atoms with Gasteiger partial charge in [-0.15, -0.1) is 0 Å². The highest BCUT2D eigenvalue weighted by atomic mass is 35.5. The van der Waals surface area contributed by atoms with Crippen molar-refractivity contribution in [2.24, 2.45) is 0 Å². The van der Waals surface area contributed by atoms with E-state index in [0.717, 1.165) is 5.56 Å². The minimum absolute atomic E-state index is 0.483. The summed E-state index contributed by atoms with van der Waals surface area (Å²) in [5, 5.41) is 10.6. The minimum Gasteiger partial charge on any atom is -0.399 e. The highest BCUT2D eigenvalue weighted by Crippen LogP contribution is 2.29. The normalized spacial score (nSPS) is 12.4. The van der Waals surface area contributed by atoms with Crippen molar-refractivity contribution in [3.05, 3.63) is 64.7 Å². The summed E-state index contributed by atoms with van der Waals surface area (Å²) < 4.78 is 0. The molecule has 16 heavy (non-hydrogen) atoms. The van der Waals surface area contributed by atoms with Crippen LogP contribution in [0.3, 0.4) is 0 Å². The first-order chi connectivity index (χ1) is 7.68. The number of aliphatic hydroxyl groups excluding tert-OH is 1. The predicted molar refractivity (Wildman–Crippen MR) is 66.4 cm³/mol. The molecule has 0 aliphatic carbocycles. The first-order valence-corrected chi connectivity index (χ1v) is 5.34. The molecule has 0 saturated heterocycles. The smallest absolute Gasteiger partial charge is 0.105 e. The van der Waals surface area contributed by atoms with Gasteiger partial charge in [0, 0.05) is 16.3 Å². The van der Waals surface area contributed by atoms with Gasteiger partial charge in [-0.1, -0.05) is 48.0 Å². The molecule has 1 atom stereocenters. The van der Waals surface area contributed by atoms with Crippen LogP contribution in [0.4, 0.5) is 5.69 Å². The van der Waals surface area contributed by atoms with Gasteiger partial charge < -0.3 is 10.8 Å². The van der Waals surface area contributed by atoms with Crippen LogP contribution in [0.25, 0.3) is 0 Å². The number of benzene rings is 2. The Morgan fingerprint density at radius 3 is 2.38 bits per heavy atom. The Kier molecular flexibility index (Phi) is 3.13. The lowest BCUT2D eigenvalue weighted by molar-refractivity contribution is 0.220. The Labute approximate surface area is 99.3 Å². The van der Waals surface area contributed by atoms with E-state index in [-0.39, 0.29) is 0 Å². The average Bonchev–Trinajstić information content (AvgIpc) is 2.29. The molecule has 3 N–H and O–H groups in total. The van der Waals surface area contributed by atoms with Crippen molar-refractivity contribution in [1.29, 1.82) is 0 Å². The van der Waals surface area contributed by atoms with Crippen LogP contribution in [0.15, 0.2) is 48.5 Å². The lowest BCUT2D eigenvalue weighted by Gasteiger charge is -2.13. The number of nitrogens with two attached hydrogens (primary N) is 1. The van der Waals surface area contributed by atoms with Crippen LogP contribution in [-0.4, -0.2) is 5.11 Å². The van der Waals surface area contributed by atoms with Crippen LogP contribution in [0, 0.1) is 0 Å². The monoisotopic (exact) mass is 233 g/mol. The number of halogens is 1. The Morgan fingerprint density at radius 2 is 1.75 bits per heavy atom. The summed E-state index contributed by atoms with van der Waals surface area (Å²) in [7, 11) is 0. The Balaban J connectivity index is 2.38. The summed E-state index contributed by atoms with van der Waals surface area (Å²) in [6.07, 6.45) is -0.714. The number of anilines is 1. The molecule has 1 unspecified atom stereocenters. The molecule has 0 aromatic heterocycles. The molecule has 0 aliphatic heterocycles. The molecule has 0 saturated carbocycles. The second-order valence-corrected chi connectivity index (χ2v) is 4.00. The number of aliphatic hydroxyl groups is 1. The Morgan fingerprint density at radius 1 is 1.06 bits per heavy atom. The summed E-state index contributed by atoms with van der Waals surface area (Å²) >= 11 is 6.03. The van der Waals surface area contributed by atoms with Crippen molar-refractivity contribution in [3.63, 3.8) is 0 Å². The zero-order chi connectivity index (χ0) is 11.5. The summed E-state index contributed by atoms with van der Waals surface area (Å²) in [4.78, 5) is 0. The lowest BCUT2D eigenvalue weighted by Crippen LogP contribution is -2.00. The van der Waals surface area contributed by atoms with Gasteiger partial charge in [-0.2, -0.15) is 0 Å². The molecule has 0 aliphatic rings. The van der Waals surface area contributed by atoms with E-state index in [2.05, 4.69) is 0 Å². The van der Waals surface area contributed by atoms with Gasteiger partial charge in [0.25, 0.3) is 0 Å². The van der Waals surface area contributed by atoms with Crippen LogP contribution < -0.4 is 5.73 Å². The van der Waals surface area contributed by atoms with Gasteiger partial charge in [0.2, 0.25) is 0 Å². The van der Waals surface area contributed by atoms with E-state index in [1.54, 1.807) is 18.2 Å². The van der Waals surface area contributed by atoms with E-state index >= 15 is 0 Å². The third-order valence-electron chi connectivity index (χ3n) is 2.43. The Bertz CT molecular complexity index is 485. The highest BCUT2D eigenvalue weighted by molar-refractivity contribution is 6.31. The van der Waals surface area contributed by atoms with E-state index in [0.29, 0.717) is 16.3 Å². The van der Waals surface area contributed by atoms with E-state index in [1.807, 2.05) is 30.3 Å². The van der Waals surface area contributed by atoms with Crippen molar-refractivity contribution >= 4 is 17.3 Å². The molecular formula is C13H12ClNO. The summed E-state index contributed by atoms with van der Waals surface area (Å²) in [5.41, 5.74) is 7.67. The van der Waals surface area contributed by atoms with E-state index in [4.69, 9.17) is 17.3 Å². The van der Waals surface area contributed by atoms with Gasteiger partial charge in [-0.05, 0) is 17.7 Å². The summed E-state index contributed by atoms with van der Waals surface area (Å²) in [5.74, 6) is 0. The van der Waals surface area contributed by atoms with Gasteiger partial charge in [0.15, 0.2) is 0 Å². The fourth-order valence-electron chi connectivity index (χ4n) is 1.58. The third kappa shape index (κ3) is 2.18. The molecule has 2 nitrogen and oxygen atoms in total. The molecule has 0 heterocycles. The molecule has 2 aromatic carbocycles. The van der Waals surface area contributed by atoms with Crippen LogP contribution >= 0.6 is 11.6 Å². The number of hydrogen-bond acceptors (Lipinski definition) is 2. The predicted octanol–water partition coefficient (Wildman–Crippen LogP) is 3.00. The van der Waals surface area contributed by atoms with Crippen LogP contribution in [0.1, 0.15) is 17.2 Å². The molecule has 0 bridgehead atoms. The molecule has 0 amide bonds. The number of rotatable bonds is 2. The minimum atomic E-state index is -0.714. The number of hydrogen-bond donors (Lipinski definition) is 2. The zero-order valence-corrected chi connectivity index (χ0v) is 9.35. The molecule has 2 aromatic rings. The van der Waals surface area contributed by atoms with Crippen LogP contribution in [0.2, 0.25) is 5.02 Å². The van der Waals surface area contributed by atoms with Gasteiger partial charge in [0.1, 0.15) is 6.10 Å². The summed E-state index contributed by atoms with van der Waals surface area (Å²) in [6.45, 7) is 0. The maximum atomic E-state index is 10.1. The van der Waals surface area contributed by atoms with Crippen LogP contribution in [-0.2, 0) is 0 Å². The SMILES string of the molecule is Nc1ccc(C(O)c2ccccc2)c(Cl)c1. The second-order valence-electron chi connectivity index (χ2n) is 3.59. The quantitative estimate of drug-likeness (QED) is 0.784. The van der Waals surface area contributed by atoms with Crippen LogP contribution in [0.5, 0.6) is 0 Å². The molecule has 0 radical (unpaired) electrons. The van der Waals surface area contributed by atoms with Crippen molar-refractivity contribution in [1.82, 2.24) is 0 Å². The molecule has 0 spiro atoms. The average molecular weight is 234 g/mol. The van der Waals surface area contributed by atoms with Crippen molar-refractivity contribution in [2.45, 2.75) is 6.10 Å². The first kappa shape index (κ1) is 11.0. The molecule has 2 rings (SSSR count). The fourth-order valence-corrected chi connectivity index (χ4v) is 1.87. The van der Waals surface area contributed by atoms with E-state index in [9.17, 15) is 5.11 Å². The first-order valence-electron chi connectivity index (χ1n) is 4.96. The van der Waals surface area contributed by atoms with Crippen molar-refractivity contribution in [3.8, 4) is 0 Å². The molecular weight excluding hydrogens is 222 g/mol. The fraction of sp³-hybridized carbons (Fsp3) is 0.0769. The largest absolute Gasteiger partial charge is 0.399 e. The molecule has 0 fully saturated rings. The van der Waals surface area contributed by atoms with Gasteiger partial charge in [0.05, 0.1) is 0 Å². The lowest BCUT2D eigenvalue weighted by atomic mass is 10.0. The van der Waals surface area contributed by atoms with Gasteiger partial charge in [-0.3, -0.25) is 0 Å². The maximum absolute atomic E-state index is 10.1. The zero-order valence-electron chi connectivity index (χ0n) is 8.60. The van der Waals surface area contributed by atoms with E-state index in [1.165, 1.54) is 0 Å². The number of nitrogen functional groups attached to an aromatic ring is 1. The molecule has 3 heteroatoms. The van der Waals surface area contributed by atoms with Crippen molar-refractivity contribution < 1.29 is 5.11 Å². The van der Waals surface area contributed by atoms with Gasteiger partial charge in [-0.25, -0.2) is 0 Å². The van der Waals surface area contributed by atoms with Crippen molar-refractivity contribution in [2.75, 3.05) is 5.73 Å². The van der Waals surface area contributed by atoms with Gasteiger partial charge >= 0.3 is 0 Å². The second kappa shape index (κ2) is 4.56. The van der Waals surface area contributed by atoms with E-state index < -0.39 is 6.10 Å². The molecule has 82 valence electrons. The topological polar surface area (TPSA) is 46.2 Å². The Hall–Kier alpha value is -1.51. The third-order valence-corrected chi connectivity index (χ3v) is 2.76. The highest BCUT2D eigenvalue weighted by Gasteiger charge is 2.13. The standard InChI is InChI=1S/C13H12ClNO/c14-12-8-10(15)6-7-11(12)13(16)9-4-2-1-3-5-9/h1-8,13,16H,15H2.